The van der Waals surface area contributed by atoms with Gasteiger partial charge in [0, 0.05) is 29.4 Å². The number of aromatic nitrogens is 5. The topological polar surface area (TPSA) is 65.1 Å². The summed E-state index contributed by atoms with van der Waals surface area (Å²) in [5, 5.41) is 13.6. The molecule has 1 aliphatic carbocycles. The minimum atomic E-state index is -0.0372. The molecule has 0 amide bonds. The average Bonchev–Trinajstić information content (AvgIpc) is 3.06. The highest BCUT2D eigenvalue weighted by atomic mass is 32.2. The van der Waals surface area contributed by atoms with E-state index in [9.17, 15) is 4.79 Å². The van der Waals surface area contributed by atoms with Crippen LogP contribution in [0, 0.1) is 0 Å². The van der Waals surface area contributed by atoms with Crippen LogP contribution < -0.4 is 5.56 Å². The lowest BCUT2D eigenvalue weighted by Crippen LogP contribution is -2.12. The van der Waals surface area contributed by atoms with E-state index < -0.39 is 0 Å². The fourth-order valence-corrected chi connectivity index (χ4v) is 5.05. The first-order valence-electron chi connectivity index (χ1n) is 7.87. The Morgan fingerprint density at radius 2 is 2.16 bits per heavy atom. The Kier molecular flexibility index (Phi) is 3.72. The highest BCUT2D eigenvalue weighted by Gasteiger charge is 2.30. The van der Waals surface area contributed by atoms with Gasteiger partial charge < -0.3 is 0 Å². The maximum atomic E-state index is 12.1. The summed E-state index contributed by atoms with van der Waals surface area (Å²) >= 11 is 4.74. The molecule has 0 saturated heterocycles. The lowest BCUT2D eigenvalue weighted by atomic mass is 10.4. The molecule has 1 fully saturated rings. The zero-order valence-corrected chi connectivity index (χ0v) is 15.5. The minimum Gasteiger partial charge on any atom is -0.298 e. The predicted molar refractivity (Wildman–Crippen MR) is 101 cm³/mol. The Hall–Kier alpha value is -1.97. The zero-order chi connectivity index (χ0) is 16.8. The first-order chi connectivity index (χ1) is 12.3. The van der Waals surface area contributed by atoms with Crippen LogP contribution in [0.25, 0.3) is 15.7 Å². The van der Waals surface area contributed by atoms with Crippen LogP contribution >= 0.6 is 34.4 Å². The molecule has 0 aromatic carbocycles. The first kappa shape index (κ1) is 15.3. The molecule has 0 N–H and O–H groups in total. The van der Waals surface area contributed by atoms with Crippen LogP contribution in [0.15, 0.2) is 45.1 Å². The standard InChI is InChI=1S/C16H13N5OS3/c22-13-8-10(17-15-20(13)5-7-24-15)9-25-16-19-18-14(12-2-1-6-23-12)21(16)11-3-4-11/h1-2,5-8,11H,3-4,9H2. The van der Waals surface area contributed by atoms with E-state index in [0.29, 0.717) is 11.8 Å². The maximum Gasteiger partial charge on any atom is 0.258 e. The van der Waals surface area contributed by atoms with Gasteiger partial charge in [-0.2, -0.15) is 0 Å². The third kappa shape index (κ3) is 2.82. The Balaban J connectivity index is 1.45. The largest absolute Gasteiger partial charge is 0.298 e. The first-order valence-corrected chi connectivity index (χ1v) is 10.6. The third-order valence-corrected chi connectivity index (χ3v) is 6.62. The lowest BCUT2D eigenvalue weighted by molar-refractivity contribution is 0.670. The van der Waals surface area contributed by atoms with Gasteiger partial charge >= 0.3 is 0 Å². The van der Waals surface area contributed by atoms with Gasteiger partial charge in [-0.3, -0.25) is 13.8 Å². The van der Waals surface area contributed by atoms with E-state index in [1.165, 1.54) is 24.2 Å². The van der Waals surface area contributed by atoms with Gasteiger partial charge in [0.1, 0.15) is 0 Å². The van der Waals surface area contributed by atoms with Crippen molar-refractivity contribution >= 4 is 39.4 Å². The number of fused-ring (bicyclic) bond motifs is 1. The fourth-order valence-electron chi connectivity index (χ4n) is 2.71. The molecule has 0 unspecified atom stereocenters. The number of hydrogen-bond donors (Lipinski definition) is 0. The van der Waals surface area contributed by atoms with Crippen LogP contribution in [0.1, 0.15) is 24.6 Å². The van der Waals surface area contributed by atoms with Gasteiger partial charge in [-0.25, -0.2) is 4.98 Å². The van der Waals surface area contributed by atoms with Gasteiger partial charge in [-0.1, -0.05) is 17.8 Å². The van der Waals surface area contributed by atoms with E-state index in [1.54, 1.807) is 39.8 Å². The van der Waals surface area contributed by atoms with Gasteiger partial charge in [-0.05, 0) is 24.3 Å². The van der Waals surface area contributed by atoms with Crippen molar-refractivity contribution in [1.82, 2.24) is 24.1 Å². The van der Waals surface area contributed by atoms with Crippen LogP contribution in [-0.4, -0.2) is 24.1 Å². The molecule has 9 heteroatoms. The Bertz CT molecular complexity index is 1090. The second-order valence-electron chi connectivity index (χ2n) is 5.81. The van der Waals surface area contributed by atoms with E-state index in [4.69, 9.17) is 0 Å². The van der Waals surface area contributed by atoms with Crippen molar-refractivity contribution in [1.29, 1.82) is 0 Å². The summed E-state index contributed by atoms with van der Waals surface area (Å²) in [6.45, 7) is 0. The van der Waals surface area contributed by atoms with Crippen molar-refractivity contribution < 1.29 is 0 Å². The normalized spacial score (nSPS) is 14.4. The molecule has 4 aromatic rings. The Morgan fingerprint density at radius 1 is 1.24 bits per heavy atom. The number of hydrogen-bond acceptors (Lipinski definition) is 7. The van der Waals surface area contributed by atoms with Crippen LogP contribution in [0.2, 0.25) is 0 Å². The molecular formula is C16H13N5OS3. The Labute approximate surface area is 155 Å². The van der Waals surface area contributed by atoms with Gasteiger partial charge in [0.25, 0.3) is 5.56 Å². The molecule has 0 spiro atoms. The summed E-state index contributed by atoms with van der Waals surface area (Å²) in [5.74, 6) is 1.56. The number of thiophene rings is 1. The summed E-state index contributed by atoms with van der Waals surface area (Å²) in [6, 6.07) is 6.21. The Morgan fingerprint density at radius 3 is 2.96 bits per heavy atom. The van der Waals surface area contributed by atoms with Crippen LogP contribution in [0.3, 0.4) is 0 Å². The van der Waals surface area contributed by atoms with Crippen LogP contribution in [0.4, 0.5) is 0 Å². The maximum absolute atomic E-state index is 12.1. The summed E-state index contributed by atoms with van der Waals surface area (Å²) in [4.78, 5) is 18.5. The summed E-state index contributed by atoms with van der Waals surface area (Å²) < 4.78 is 3.81. The zero-order valence-electron chi connectivity index (χ0n) is 13.0. The minimum absolute atomic E-state index is 0.0372. The number of thioether (sulfide) groups is 1. The second kappa shape index (κ2) is 6.08. The van der Waals surface area contributed by atoms with Crippen molar-refractivity contribution in [3.05, 3.63) is 51.2 Å². The molecule has 4 aromatic heterocycles. The van der Waals surface area contributed by atoms with Gasteiger partial charge in [0.05, 0.1) is 10.6 Å². The molecule has 0 radical (unpaired) electrons. The monoisotopic (exact) mass is 387 g/mol. The number of nitrogens with zero attached hydrogens (tertiary/aromatic N) is 5. The fraction of sp³-hybridized carbons (Fsp3) is 0.250. The molecule has 1 saturated carbocycles. The SMILES string of the molecule is O=c1cc(CSc2nnc(-c3cccs3)n2C2CC2)nc2sccn12. The van der Waals surface area contributed by atoms with E-state index in [0.717, 1.165) is 26.5 Å². The summed E-state index contributed by atoms with van der Waals surface area (Å²) in [6.07, 6.45) is 4.10. The molecule has 1 aliphatic rings. The average molecular weight is 388 g/mol. The number of thiazole rings is 1. The van der Waals surface area contributed by atoms with E-state index in [2.05, 4.69) is 31.2 Å². The van der Waals surface area contributed by atoms with Crippen LogP contribution in [0.5, 0.6) is 0 Å². The molecule has 126 valence electrons. The molecule has 0 bridgehead atoms. The third-order valence-electron chi connectivity index (χ3n) is 4.02. The van der Waals surface area contributed by atoms with E-state index in [1.807, 2.05) is 11.4 Å². The summed E-state index contributed by atoms with van der Waals surface area (Å²) in [7, 11) is 0. The predicted octanol–water partition coefficient (Wildman–Crippen LogP) is 3.70. The van der Waals surface area contributed by atoms with Crippen molar-refractivity contribution in [2.24, 2.45) is 0 Å². The van der Waals surface area contributed by atoms with Gasteiger partial charge in [-0.15, -0.1) is 32.9 Å². The smallest absolute Gasteiger partial charge is 0.258 e. The highest BCUT2D eigenvalue weighted by molar-refractivity contribution is 7.98. The lowest BCUT2D eigenvalue weighted by Gasteiger charge is -2.07. The van der Waals surface area contributed by atoms with Crippen molar-refractivity contribution in [3.63, 3.8) is 0 Å². The molecular weight excluding hydrogens is 374 g/mol. The van der Waals surface area contributed by atoms with Gasteiger partial charge in [0.15, 0.2) is 15.9 Å². The quantitative estimate of drug-likeness (QED) is 0.489. The van der Waals surface area contributed by atoms with E-state index in [-0.39, 0.29) is 5.56 Å². The van der Waals surface area contributed by atoms with Crippen molar-refractivity contribution in [2.75, 3.05) is 0 Å². The molecule has 5 rings (SSSR count). The molecule has 4 heterocycles. The van der Waals surface area contributed by atoms with Crippen molar-refractivity contribution in [3.8, 4) is 10.7 Å². The number of rotatable bonds is 5. The van der Waals surface area contributed by atoms with Crippen molar-refractivity contribution in [2.45, 2.75) is 29.8 Å². The van der Waals surface area contributed by atoms with E-state index >= 15 is 0 Å². The van der Waals surface area contributed by atoms with Gasteiger partial charge in [0.2, 0.25) is 0 Å². The second-order valence-corrected chi connectivity index (χ2v) is 8.58. The molecule has 6 nitrogen and oxygen atoms in total. The highest BCUT2D eigenvalue weighted by Crippen LogP contribution is 2.42. The molecule has 25 heavy (non-hydrogen) atoms. The van der Waals surface area contributed by atoms with Crippen LogP contribution in [-0.2, 0) is 5.75 Å². The summed E-state index contributed by atoms with van der Waals surface area (Å²) in [5.41, 5.74) is 0.741. The molecule has 0 aliphatic heterocycles. The molecule has 0 atom stereocenters.